The van der Waals surface area contributed by atoms with Crippen LogP contribution < -0.4 is 5.73 Å². The molecule has 5 heteroatoms. The summed E-state index contributed by atoms with van der Waals surface area (Å²) in [6, 6.07) is 4.01. The first kappa shape index (κ1) is 13.2. The minimum absolute atomic E-state index is 0.104. The van der Waals surface area contributed by atoms with Gasteiger partial charge in [-0.1, -0.05) is 13.8 Å². The van der Waals surface area contributed by atoms with Crippen molar-refractivity contribution in [1.29, 1.82) is 0 Å². The van der Waals surface area contributed by atoms with Gasteiger partial charge in [0, 0.05) is 21.6 Å². The van der Waals surface area contributed by atoms with Crippen LogP contribution >= 0.6 is 27.3 Å². The Bertz CT molecular complexity index is 621. The molecule has 2 aromatic heterocycles. The highest BCUT2D eigenvalue weighted by molar-refractivity contribution is 9.10. The summed E-state index contributed by atoms with van der Waals surface area (Å²) in [4.78, 5) is 10.4. The van der Waals surface area contributed by atoms with Crippen molar-refractivity contribution >= 4 is 27.3 Å². The number of halogens is 1. The summed E-state index contributed by atoms with van der Waals surface area (Å²) in [5.74, 6) is 0. The highest BCUT2D eigenvalue weighted by Crippen LogP contribution is 2.44. The fraction of sp³-hybridized carbons (Fsp3) is 0.429. The van der Waals surface area contributed by atoms with Crippen molar-refractivity contribution in [2.75, 3.05) is 0 Å². The Morgan fingerprint density at radius 2 is 2.26 bits per heavy atom. The summed E-state index contributed by atoms with van der Waals surface area (Å²) >= 11 is 5.22. The van der Waals surface area contributed by atoms with Crippen LogP contribution in [0.15, 0.2) is 22.8 Å². The van der Waals surface area contributed by atoms with Crippen molar-refractivity contribution in [1.82, 2.24) is 9.97 Å². The van der Waals surface area contributed by atoms with E-state index in [0.717, 1.165) is 33.7 Å². The Kier molecular flexibility index (Phi) is 3.23. The Balaban J connectivity index is 2.07. The van der Waals surface area contributed by atoms with Crippen LogP contribution in [-0.2, 0) is 6.42 Å². The molecule has 1 unspecified atom stereocenters. The molecule has 1 aliphatic carbocycles. The van der Waals surface area contributed by atoms with Gasteiger partial charge in [0.1, 0.15) is 10.7 Å². The zero-order valence-electron chi connectivity index (χ0n) is 11.0. The summed E-state index contributed by atoms with van der Waals surface area (Å²) < 4.78 is 0.980. The molecule has 19 heavy (non-hydrogen) atoms. The number of pyridine rings is 1. The predicted octanol–water partition coefficient (Wildman–Crippen LogP) is 3.94. The molecule has 1 aliphatic rings. The maximum absolute atomic E-state index is 6.29. The number of nitrogens with zero attached hydrogens (tertiary/aromatic N) is 2. The minimum Gasteiger partial charge on any atom is -0.323 e. The van der Waals surface area contributed by atoms with Gasteiger partial charge in [0.2, 0.25) is 0 Å². The molecular weight excluding hydrogens is 322 g/mol. The quantitative estimate of drug-likeness (QED) is 0.857. The van der Waals surface area contributed by atoms with Crippen molar-refractivity contribution in [3.8, 4) is 10.7 Å². The molecule has 0 saturated heterocycles. The van der Waals surface area contributed by atoms with Gasteiger partial charge in [-0.05, 0) is 46.3 Å². The van der Waals surface area contributed by atoms with Gasteiger partial charge in [-0.2, -0.15) is 0 Å². The van der Waals surface area contributed by atoms with Crippen LogP contribution in [0.3, 0.4) is 0 Å². The molecule has 3 nitrogen and oxygen atoms in total. The standard InChI is InChI=1S/C14H16BrN3S/c1-14(2)6-9(16)12-10(7-14)18-13(19-12)11-8(15)4-3-5-17-11/h3-5,9H,6-7,16H2,1-2H3. The van der Waals surface area contributed by atoms with Crippen molar-refractivity contribution in [2.45, 2.75) is 32.7 Å². The number of thiazole rings is 1. The van der Waals surface area contributed by atoms with Gasteiger partial charge in [0.15, 0.2) is 0 Å². The Morgan fingerprint density at radius 1 is 1.47 bits per heavy atom. The molecule has 1 atom stereocenters. The van der Waals surface area contributed by atoms with Gasteiger partial charge in [-0.3, -0.25) is 4.98 Å². The molecule has 0 amide bonds. The third-order valence-corrected chi connectivity index (χ3v) is 5.32. The topological polar surface area (TPSA) is 51.8 Å². The van der Waals surface area contributed by atoms with E-state index in [4.69, 9.17) is 10.7 Å². The third-order valence-electron chi connectivity index (χ3n) is 3.44. The summed E-state index contributed by atoms with van der Waals surface area (Å²) in [6.45, 7) is 4.51. The first-order chi connectivity index (χ1) is 8.96. The number of nitrogens with two attached hydrogens (primary N) is 1. The largest absolute Gasteiger partial charge is 0.323 e. The number of fused-ring (bicyclic) bond motifs is 1. The average molecular weight is 338 g/mol. The van der Waals surface area contributed by atoms with Crippen LogP contribution in [0.4, 0.5) is 0 Å². The zero-order chi connectivity index (χ0) is 13.6. The summed E-state index contributed by atoms with van der Waals surface area (Å²) in [5, 5.41) is 0.964. The molecular formula is C14H16BrN3S. The van der Waals surface area contributed by atoms with Crippen molar-refractivity contribution in [3.05, 3.63) is 33.4 Å². The van der Waals surface area contributed by atoms with Gasteiger partial charge >= 0.3 is 0 Å². The summed E-state index contributed by atoms with van der Waals surface area (Å²) in [5.41, 5.74) is 8.59. The average Bonchev–Trinajstić information content (AvgIpc) is 2.71. The van der Waals surface area contributed by atoms with Crippen molar-refractivity contribution in [3.63, 3.8) is 0 Å². The fourth-order valence-electron chi connectivity index (χ4n) is 2.64. The lowest BCUT2D eigenvalue weighted by molar-refractivity contribution is 0.282. The SMILES string of the molecule is CC1(C)Cc2nc(-c3ncccc3Br)sc2C(N)C1. The molecule has 2 heterocycles. The molecule has 0 saturated carbocycles. The lowest BCUT2D eigenvalue weighted by Gasteiger charge is -2.32. The van der Waals surface area contributed by atoms with Crippen LogP contribution in [0.5, 0.6) is 0 Å². The third kappa shape index (κ3) is 2.47. The summed E-state index contributed by atoms with van der Waals surface area (Å²) in [6.07, 6.45) is 3.81. The van der Waals surface area contributed by atoms with Gasteiger partial charge < -0.3 is 5.73 Å². The Labute approximate surface area is 125 Å². The summed E-state index contributed by atoms with van der Waals surface area (Å²) in [7, 11) is 0. The van der Waals surface area contributed by atoms with Crippen LogP contribution in [0, 0.1) is 5.41 Å². The molecule has 0 radical (unpaired) electrons. The molecule has 100 valence electrons. The van der Waals surface area contributed by atoms with Crippen LogP contribution in [0.25, 0.3) is 10.7 Å². The van der Waals surface area contributed by atoms with Crippen LogP contribution in [0.2, 0.25) is 0 Å². The minimum atomic E-state index is 0.104. The van der Waals surface area contributed by atoms with Gasteiger partial charge in [0.05, 0.1) is 5.69 Å². The molecule has 3 rings (SSSR count). The maximum atomic E-state index is 6.29. The number of aromatic nitrogens is 2. The van der Waals surface area contributed by atoms with Crippen molar-refractivity contribution in [2.24, 2.45) is 11.1 Å². The van der Waals surface area contributed by atoms with E-state index in [1.165, 1.54) is 4.88 Å². The molecule has 0 bridgehead atoms. The zero-order valence-corrected chi connectivity index (χ0v) is 13.4. The molecule has 0 aliphatic heterocycles. The van der Waals surface area contributed by atoms with Gasteiger partial charge in [0.25, 0.3) is 0 Å². The second kappa shape index (κ2) is 4.65. The highest BCUT2D eigenvalue weighted by Gasteiger charge is 2.33. The Hall–Kier alpha value is -0.780. The highest BCUT2D eigenvalue weighted by atomic mass is 79.9. The normalized spacial score (nSPS) is 21.2. The maximum Gasteiger partial charge on any atom is 0.143 e. The molecule has 2 N–H and O–H groups in total. The van der Waals surface area contributed by atoms with Crippen LogP contribution in [0.1, 0.15) is 36.9 Å². The second-order valence-electron chi connectivity index (χ2n) is 5.82. The van der Waals surface area contributed by atoms with E-state index in [9.17, 15) is 0 Å². The molecule has 0 spiro atoms. The van der Waals surface area contributed by atoms with E-state index in [0.29, 0.717) is 0 Å². The second-order valence-corrected chi connectivity index (χ2v) is 7.70. The van der Waals surface area contributed by atoms with E-state index in [-0.39, 0.29) is 11.5 Å². The smallest absolute Gasteiger partial charge is 0.143 e. The van der Waals surface area contributed by atoms with Gasteiger partial charge in [-0.25, -0.2) is 4.98 Å². The first-order valence-corrected chi connectivity index (χ1v) is 7.93. The fourth-order valence-corrected chi connectivity index (χ4v) is 4.31. The number of hydrogen-bond donors (Lipinski definition) is 1. The lowest BCUT2D eigenvalue weighted by Crippen LogP contribution is -2.28. The van der Waals surface area contributed by atoms with E-state index >= 15 is 0 Å². The van der Waals surface area contributed by atoms with E-state index in [2.05, 4.69) is 34.8 Å². The number of hydrogen-bond acceptors (Lipinski definition) is 4. The number of rotatable bonds is 1. The monoisotopic (exact) mass is 337 g/mol. The van der Waals surface area contributed by atoms with Crippen molar-refractivity contribution < 1.29 is 0 Å². The first-order valence-electron chi connectivity index (χ1n) is 6.32. The molecule has 0 fully saturated rings. The lowest BCUT2D eigenvalue weighted by atomic mass is 9.77. The molecule has 2 aromatic rings. The Morgan fingerprint density at radius 3 is 3.00 bits per heavy atom. The van der Waals surface area contributed by atoms with Gasteiger partial charge in [-0.15, -0.1) is 11.3 Å². The predicted molar refractivity (Wildman–Crippen MR) is 82.1 cm³/mol. The van der Waals surface area contributed by atoms with E-state index < -0.39 is 0 Å². The van der Waals surface area contributed by atoms with E-state index in [1.54, 1.807) is 17.5 Å². The van der Waals surface area contributed by atoms with Crippen LogP contribution in [-0.4, -0.2) is 9.97 Å². The van der Waals surface area contributed by atoms with E-state index in [1.807, 2.05) is 12.1 Å². The molecule has 0 aromatic carbocycles.